The maximum absolute atomic E-state index is 11.4. The Morgan fingerprint density at radius 3 is 2.56 bits per heavy atom. The van der Waals surface area contributed by atoms with E-state index in [0.717, 1.165) is 17.5 Å². The molecule has 2 bridgehead atoms. The van der Waals surface area contributed by atoms with E-state index < -0.39 is 17.2 Å². The molecule has 0 unspecified atom stereocenters. The molecule has 0 saturated carbocycles. The summed E-state index contributed by atoms with van der Waals surface area (Å²) in [4.78, 5) is 11.4. The van der Waals surface area contributed by atoms with Gasteiger partial charge in [0.1, 0.15) is 0 Å². The maximum atomic E-state index is 11.4. The fraction of sp³-hybridized carbons (Fsp3) is 0.417. The van der Waals surface area contributed by atoms with E-state index in [2.05, 4.69) is 0 Å². The zero-order valence-corrected chi connectivity index (χ0v) is 9.49. The largest absolute Gasteiger partial charge is 0.479 e. The zero-order chi connectivity index (χ0) is 10.7. The Bertz CT molecular complexity index is 459. The summed E-state index contributed by atoms with van der Waals surface area (Å²) < 4.78 is 5.78. The smallest absolute Gasteiger partial charge is 0.340 e. The van der Waals surface area contributed by atoms with Crippen LogP contribution in [0.2, 0.25) is 0 Å². The Kier molecular flexibility index (Phi) is 2.47. The summed E-state index contributed by atoms with van der Waals surface area (Å²) >= 11 is 0. The van der Waals surface area contributed by atoms with Crippen LogP contribution in [0.3, 0.4) is 0 Å². The van der Waals surface area contributed by atoms with Gasteiger partial charge in [0, 0.05) is 24.4 Å². The van der Waals surface area contributed by atoms with Gasteiger partial charge in [-0.3, -0.25) is 0 Å². The fourth-order valence-electron chi connectivity index (χ4n) is 2.84. The number of hydrogen-bond acceptors (Lipinski definition) is 2. The third kappa shape index (κ3) is 1.17. The molecule has 1 fully saturated rings. The summed E-state index contributed by atoms with van der Waals surface area (Å²) in [6, 6.07) is 7.65. The van der Waals surface area contributed by atoms with Gasteiger partial charge in [-0.15, -0.1) is 0 Å². The number of aliphatic carboxylic acids is 1. The first-order valence-corrected chi connectivity index (χ1v) is 5.12. The van der Waals surface area contributed by atoms with E-state index in [4.69, 9.17) is 4.74 Å². The summed E-state index contributed by atoms with van der Waals surface area (Å²) in [7, 11) is 0. The van der Waals surface area contributed by atoms with Crippen LogP contribution in [-0.2, 0) is 20.7 Å². The molecule has 1 radical (unpaired) electrons. The van der Waals surface area contributed by atoms with E-state index in [1.165, 1.54) is 0 Å². The van der Waals surface area contributed by atoms with Gasteiger partial charge in [0.15, 0.2) is 5.60 Å². The molecule has 1 N–H and O–H groups in total. The molecule has 0 aliphatic carbocycles. The molecule has 1 aromatic carbocycles. The van der Waals surface area contributed by atoms with E-state index in [1.807, 2.05) is 31.2 Å². The number of benzene rings is 1. The quantitative estimate of drug-likeness (QED) is 0.718. The van der Waals surface area contributed by atoms with Gasteiger partial charge in [-0.1, -0.05) is 24.3 Å². The topological polar surface area (TPSA) is 46.5 Å². The van der Waals surface area contributed by atoms with Crippen LogP contribution in [0.25, 0.3) is 0 Å². The van der Waals surface area contributed by atoms with E-state index in [1.54, 1.807) is 0 Å². The van der Waals surface area contributed by atoms with Crippen molar-refractivity contribution >= 4 is 24.8 Å². The molecule has 0 aromatic heterocycles. The predicted octanol–water partition coefficient (Wildman–Crippen LogP) is 1.62. The summed E-state index contributed by atoms with van der Waals surface area (Å²) in [5, 5.41) is 9.33. The minimum Gasteiger partial charge on any atom is -0.479 e. The van der Waals surface area contributed by atoms with Crippen molar-refractivity contribution in [3.8, 4) is 0 Å². The molecule has 4 heteroatoms. The maximum Gasteiger partial charge on any atom is 0.340 e. The molecule has 1 saturated heterocycles. The summed E-state index contributed by atoms with van der Waals surface area (Å²) in [6.07, 6.45) is 1.37. The third-order valence-electron chi connectivity index (χ3n) is 3.63. The van der Waals surface area contributed by atoms with Crippen molar-refractivity contribution in [2.24, 2.45) is 0 Å². The van der Waals surface area contributed by atoms with Crippen molar-refractivity contribution in [1.29, 1.82) is 0 Å². The normalized spacial score (nSPS) is 34.3. The molecular formula is C12H12LiO3. The molecule has 2 aliphatic heterocycles. The minimum atomic E-state index is -1.08. The van der Waals surface area contributed by atoms with Gasteiger partial charge in [-0.05, 0) is 25.3 Å². The Morgan fingerprint density at radius 2 is 1.94 bits per heavy atom. The monoisotopic (exact) mass is 211 g/mol. The van der Waals surface area contributed by atoms with Crippen molar-refractivity contribution in [3.63, 3.8) is 0 Å². The molecule has 2 aliphatic rings. The van der Waals surface area contributed by atoms with Crippen LogP contribution in [0.4, 0.5) is 0 Å². The summed E-state index contributed by atoms with van der Waals surface area (Å²) in [5.41, 5.74) is 0.408. The number of hydrogen-bond donors (Lipinski definition) is 1. The molecule has 0 spiro atoms. The molecule has 0 amide bonds. The van der Waals surface area contributed by atoms with Crippen molar-refractivity contribution < 1.29 is 14.6 Å². The summed E-state index contributed by atoms with van der Waals surface area (Å²) in [5.74, 6) is -0.865. The molecule has 2 atom stereocenters. The molecule has 3 nitrogen and oxygen atoms in total. The van der Waals surface area contributed by atoms with Gasteiger partial charge in [-0.25, -0.2) is 4.79 Å². The van der Waals surface area contributed by atoms with Crippen LogP contribution >= 0.6 is 0 Å². The van der Waals surface area contributed by atoms with Crippen LogP contribution in [0.5, 0.6) is 0 Å². The van der Waals surface area contributed by atoms with Crippen LogP contribution in [0.1, 0.15) is 30.9 Å². The molecule has 1 aromatic rings. The van der Waals surface area contributed by atoms with E-state index in [-0.39, 0.29) is 18.9 Å². The number of fused-ring (bicyclic) bond motifs is 5. The second-order valence-electron chi connectivity index (χ2n) is 4.51. The van der Waals surface area contributed by atoms with Gasteiger partial charge in [-0.2, -0.15) is 0 Å². The Morgan fingerprint density at radius 1 is 1.31 bits per heavy atom. The first kappa shape index (κ1) is 11.7. The molecule has 3 rings (SSSR count). The second kappa shape index (κ2) is 3.37. The third-order valence-corrected chi connectivity index (χ3v) is 3.63. The number of rotatable bonds is 1. The number of carboxylic acid groups (broad SMARTS) is 1. The van der Waals surface area contributed by atoms with Crippen LogP contribution in [0.15, 0.2) is 24.3 Å². The number of ether oxygens (including phenoxy) is 1. The minimum absolute atomic E-state index is 0. The summed E-state index contributed by atoms with van der Waals surface area (Å²) in [6.45, 7) is 1.98. The first-order valence-electron chi connectivity index (χ1n) is 5.12. The molecule has 2 heterocycles. The molecule has 16 heavy (non-hydrogen) atoms. The van der Waals surface area contributed by atoms with Gasteiger partial charge >= 0.3 is 5.97 Å². The van der Waals surface area contributed by atoms with Gasteiger partial charge in [0.2, 0.25) is 0 Å². The van der Waals surface area contributed by atoms with Crippen molar-refractivity contribution in [2.45, 2.75) is 31.0 Å². The van der Waals surface area contributed by atoms with E-state index in [9.17, 15) is 9.90 Å². The average Bonchev–Trinajstić information content (AvgIpc) is 2.70. The molecular weight excluding hydrogens is 199 g/mol. The van der Waals surface area contributed by atoms with Crippen molar-refractivity contribution in [3.05, 3.63) is 35.4 Å². The van der Waals surface area contributed by atoms with E-state index in [0.29, 0.717) is 6.42 Å². The van der Waals surface area contributed by atoms with Gasteiger partial charge in [0.25, 0.3) is 0 Å². The van der Waals surface area contributed by atoms with Crippen LogP contribution < -0.4 is 0 Å². The van der Waals surface area contributed by atoms with Gasteiger partial charge < -0.3 is 9.84 Å². The van der Waals surface area contributed by atoms with Crippen molar-refractivity contribution in [2.75, 3.05) is 0 Å². The van der Waals surface area contributed by atoms with Crippen LogP contribution in [-0.4, -0.2) is 29.9 Å². The Labute approximate surface area is 106 Å². The fourth-order valence-corrected chi connectivity index (χ4v) is 2.84. The second-order valence-corrected chi connectivity index (χ2v) is 4.51. The Balaban J connectivity index is 0.000000963. The predicted molar refractivity (Wildman–Crippen MR) is 59.2 cm³/mol. The standard InChI is InChI=1S/C12H12O3.Li/c1-11-6-7-12(15-11,10(13)14)9-5-3-2-4-8(9)11;/h2-5H,6-7H2,1H3,(H,13,14);/t11-,12+;/m0./s1. The number of carboxylic acids is 1. The average molecular weight is 211 g/mol. The van der Waals surface area contributed by atoms with E-state index >= 15 is 0 Å². The Hall–Kier alpha value is -0.753. The first-order chi connectivity index (χ1) is 7.08. The van der Waals surface area contributed by atoms with Gasteiger partial charge in [0.05, 0.1) is 5.60 Å². The van der Waals surface area contributed by atoms with Crippen molar-refractivity contribution in [1.82, 2.24) is 0 Å². The number of carbonyl (C=O) groups is 1. The van der Waals surface area contributed by atoms with Crippen LogP contribution in [0, 0.1) is 0 Å². The SMILES string of the molecule is C[C@@]12CC[C@@](C(=O)O)(O1)c1ccccc12.[Li]. The zero-order valence-electron chi connectivity index (χ0n) is 9.49. The molecule has 79 valence electrons.